The van der Waals surface area contributed by atoms with E-state index >= 15 is 0 Å². The Morgan fingerprint density at radius 1 is 1.32 bits per heavy atom. The zero-order chi connectivity index (χ0) is 14.1. The van der Waals surface area contributed by atoms with E-state index in [2.05, 4.69) is 20.9 Å². The van der Waals surface area contributed by atoms with Gasteiger partial charge in [-0.25, -0.2) is 4.98 Å². The summed E-state index contributed by atoms with van der Waals surface area (Å²) in [5.41, 5.74) is 0.936. The second kappa shape index (κ2) is 7.80. The van der Waals surface area contributed by atoms with Crippen molar-refractivity contribution in [1.82, 2.24) is 15.6 Å². The van der Waals surface area contributed by atoms with Gasteiger partial charge in [0.1, 0.15) is 5.82 Å². The molecule has 0 fully saturated rings. The summed E-state index contributed by atoms with van der Waals surface area (Å²) in [6.07, 6.45) is 2.69. The third kappa shape index (κ3) is 5.62. The maximum absolute atomic E-state index is 11.5. The van der Waals surface area contributed by atoms with E-state index < -0.39 is 11.8 Å². The fourth-order valence-corrected chi connectivity index (χ4v) is 1.31. The fraction of sp³-hybridized carbons (Fsp3) is 0.333. The van der Waals surface area contributed by atoms with Crippen LogP contribution in [0.3, 0.4) is 0 Å². The summed E-state index contributed by atoms with van der Waals surface area (Å²) < 4.78 is 0. The predicted molar refractivity (Wildman–Crippen MR) is 69.3 cm³/mol. The lowest BCUT2D eigenvalue weighted by atomic mass is 10.3. The molecule has 0 aliphatic rings. The minimum Gasteiger partial charge on any atom is -0.359 e. The molecule has 3 amide bonds. The Hall–Kier alpha value is -2.44. The van der Waals surface area contributed by atoms with Crippen LogP contribution in [0.25, 0.3) is 0 Å². The Bertz CT molecular complexity index is 462. The van der Waals surface area contributed by atoms with Gasteiger partial charge in [0, 0.05) is 19.3 Å². The van der Waals surface area contributed by atoms with E-state index in [-0.39, 0.29) is 0 Å². The Labute approximate surface area is 110 Å². The van der Waals surface area contributed by atoms with Crippen LogP contribution < -0.4 is 16.0 Å². The van der Waals surface area contributed by atoms with Crippen molar-refractivity contribution in [2.75, 3.05) is 18.4 Å². The molecule has 0 saturated carbocycles. The number of amides is 3. The normalized spacial score (nSPS) is 9.53. The van der Waals surface area contributed by atoms with Crippen molar-refractivity contribution in [2.45, 2.75) is 13.3 Å². The van der Waals surface area contributed by atoms with Gasteiger partial charge < -0.3 is 16.0 Å². The lowest BCUT2D eigenvalue weighted by molar-refractivity contribution is -0.136. The lowest BCUT2D eigenvalue weighted by Crippen LogP contribution is -2.36. The minimum atomic E-state index is -0.763. The summed E-state index contributed by atoms with van der Waals surface area (Å²) in [6, 6.07) is 3.45. The van der Waals surface area contributed by atoms with E-state index in [1.165, 1.54) is 0 Å². The van der Waals surface area contributed by atoms with E-state index in [4.69, 9.17) is 0 Å². The predicted octanol–water partition coefficient (Wildman–Crippen LogP) is -0.419. The highest BCUT2D eigenvalue weighted by atomic mass is 16.2. The van der Waals surface area contributed by atoms with Crippen molar-refractivity contribution in [2.24, 2.45) is 0 Å². The quantitative estimate of drug-likeness (QED) is 0.369. The number of pyridine rings is 1. The van der Waals surface area contributed by atoms with Gasteiger partial charge in [-0.2, -0.15) is 0 Å². The van der Waals surface area contributed by atoms with Gasteiger partial charge in [-0.3, -0.25) is 14.4 Å². The highest BCUT2D eigenvalue weighted by molar-refractivity contribution is 6.39. The monoisotopic (exact) mass is 264 g/mol. The van der Waals surface area contributed by atoms with Crippen LogP contribution in [0.5, 0.6) is 0 Å². The van der Waals surface area contributed by atoms with Gasteiger partial charge in [-0.1, -0.05) is 0 Å². The third-order valence-electron chi connectivity index (χ3n) is 2.23. The second-order valence-corrected chi connectivity index (χ2v) is 3.85. The number of carbonyl (C=O) groups is 3. The van der Waals surface area contributed by atoms with Gasteiger partial charge in [0.25, 0.3) is 0 Å². The second-order valence-electron chi connectivity index (χ2n) is 3.85. The standard InChI is InChI=1S/C12H16N4O3/c1-9-3-6-14-10(7-9)16-12(19)11(18)15-5-2-4-13-8-17/h3,6-8H,2,4-5H2,1H3,(H,13,17)(H,15,18)(H,14,16,19). The molecule has 1 rings (SSSR count). The van der Waals surface area contributed by atoms with Crippen molar-refractivity contribution < 1.29 is 14.4 Å². The molecule has 0 aliphatic heterocycles. The summed E-state index contributed by atoms with van der Waals surface area (Å²) >= 11 is 0. The number of anilines is 1. The molecule has 0 aromatic carbocycles. The summed E-state index contributed by atoms with van der Waals surface area (Å²) in [7, 11) is 0. The Balaban J connectivity index is 2.32. The van der Waals surface area contributed by atoms with Crippen LogP contribution in [0.1, 0.15) is 12.0 Å². The molecule has 1 aromatic rings. The Morgan fingerprint density at radius 2 is 2.11 bits per heavy atom. The SMILES string of the molecule is Cc1ccnc(NC(=O)C(=O)NCCCNC=O)c1. The Kier molecular flexibility index (Phi) is 6.00. The number of hydrogen-bond donors (Lipinski definition) is 3. The molecule has 1 aromatic heterocycles. The molecule has 7 nitrogen and oxygen atoms in total. The van der Waals surface area contributed by atoms with Crippen LogP contribution >= 0.6 is 0 Å². The maximum Gasteiger partial charge on any atom is 0.314 e. The van der Waals surface area contributed by atoms with Crippen LogP contribution in [0.4, 0.5) is 5.82 Å². The molecular formula is C12H16N4O3. The first-order chi connectivity index (χ1) is 9.13. The molecule has 7 heteroatoms. The first-order valence-electron chi connectivity index (χ1n) is 5.82. The average molecular weight is 264 g/mol. The number of hydrogen-bond acceptors (Lipinski definition) is 4. The summed E-state index contributed by atoms with van der Waals surface area (Å²) in [4.78, 5) is 36.8. The van der Waals surface area contributed by atoms with Gasteiger partial charge >= 0.3 is 11.8 Å². The first-order valence-corrected chi connectivity index (χ1v) is 5.82. The molecule has 19 heavy (non-hydrogen) atoms. The van der Waals surface area contributed by atoms with Crippen LogP contribution in [-0.2, 0) is 14.4 Å². The highest BCUT2D eigenvalue weighted by Crippen LogP contribution is 2.04. The Morgan fingerprint density at radius 3 is 2.79 bits per heavy atom. The van der Waals surface area contributed by atoms with Crippen molar-refractivity contribution in [1.29, 1.82) is 0 Å². The molecule has 0 bridgehead atoms. The van der Waals surface area contributed by atoms with Gasteiger partial charge in [-0.15, -0.1) is 0 Å². The highest BCUT2D eigenvalue weighted by Gasteiger charge is 2.13. The van der Waals surface area contributed by atoms with E-state index in [1.54, 1.807) is 18.3 Å². The first kappa shape index (κ1) is 14.6. The smallest absolute Gasteiger partial charge is 0.314 e. The summed E-state index contributed by atoms with van der Waals surface area (Å²) in [5, 5.41) is 7.30. The number of carbonyl (C=O) groups excluding carboxylic acids is 3. The van der Waals surface area contributed by atoms with E-state index in [1.807, 2.05) is 6.92 Å². The van der Waals surface area contributed by atoms with Crippen LogP contribution in [0.15, 0.2) is 18.3 Å². The third-order valence-corrected chi connectivity index (χ3v) is 2.23. The van der Waals surface area contributed by atoms with Crippen LogP contribution in [0, 0.1) is 6.92 Å². The van der Waals surface area contributed by atoms with E-state index in [0.29, 0.717) is 31.7 Å². The summed E-state index contributed by atoms with van der Waals surface area (Å²) in [6.45, 7) is 2.62. The molecule has 0 radical (unpaired) electrons. The number of rotatable bonds is 6. The molecular weight excluding hydrogens is 248 g/mol. The molecule has 0 unspecified atom stereocenters. The molecule has 3 N–H and O–H groups in total. The molecule has 0 atom stereocenters. The van der Waals surface area contributed by atoms with Gasteiger partial charge in [0.15, 0.2) is 0 Å². The maximum atomic E-state index is 11.5. The molecule has 1 heterocycles. The van der Waals surface area contributed by atoms with Crippen molar-refractivity contribution in [3.8, 4) is 0 Å². The minimum absolute atomic E-state index is 0.314. The summed E-state index contributed by atoms with van der Waals surface area (Å²) in [5.74, 6) is -1.15. The topological polar surface area (TPSA) is 100 Å². The number of aryl methyl sites for hydroxylation is 1. The van der Waals surface area contributed by atoms with Crippen LogP contribution in [0.2, 0.25) is 0 Å². The van der Waals surface area contributed by atoms with Crippen molar-refractivity contribution >= 4 is 24.0 Å². The molecule has 0 saturated heterocycles. The van der Waals surface area contributed by atoms with Crippen molar-refractivity contribution in [3.63, 3.8) is 0 Å². The molecule has 0 spiro atoms. The largest absolute Gasteiger partial charge is 0.359 e. The van der Waals surface area contributed by atoms with Crippen molar-refractivity contribution in [3.05, 3.63) is 23.9 Å². The van der Waals surface area contributed by atoms with Gasteiger partial charge in [-0.05, 0) is 31.0 Å². The fourth-order valence-electron chi connectivity index (χ4n) is 1.31. The zero-order valence-corrected chi connectivity index (χ0v) is 10.6. The number of nitrogens with zero attached hydrogens (tertiary/aromatic N) is 1. The van der Waals surface area contributed by atoms with Gasteiger partial charge in [0.05, 0.1) is 0 Å². The lowest BCUT2D eigenvalue weighted by Gasteiger charge is -2.06. The number of aromatic nitrogens is 1. The van der Waals surface area contributed by atoms with E-state index in [9.17, 15) is 14.4 Å². The molecule has 0 aliphatic carbocycles. The van der Waals surface area contributed by atoms with Gasteiger partial charge in [0.2, 0.25) is 6.41 Å². The van der Waals surface area contributed by atoms with Crippen LogP contribution in [-0.4, -0.2) is 36.3 Å². The molecule has 102 valence electrons. The zero-order valence-electron chi connectivity index (χ0n) is 10.6. The van der Waals surface area contributed by atoms with E-state index in [0.717, 1.165) is 5.56 Å². The number of nitrogens with one attached hydrogen (secondary N) is 3. The average Bonchev–Trinajstić information content (AvgIpc) is 2.38.